The first-order valence-electron chi connectivity index (χ1n) is 6.90. The van der Waals surface area contributed by atoms with Gasteiger partial charge in [0, 0.05) is 23.2 Å². The van der Waals surface area contributed by atoms with Gasteiger partial charge in [-0.15, -0.1) is 0 Å². The Balaban J connectivity index is 1.86. The smallest absolute Gasteiger partial charge is 0.263 e. The van der Waals surface area contributed by atoms with E-state index in [1.165, 1.54) is 12.1 Å². The number of hydrogen-bond acceptors (Lipinski definition) is 1. The fourth-order valence-electron chi connectivity index (χ4n) is 2.14. The van der Waals surface area contributed by atoms with E-state index in [1.54, 1.807) is 12.1 Å². The molecule has 0 spiro atoms. The van der Waals surface area contributed by atoms with Gasteiger partial charge in [0.1, 0.15) is 0 Å². The van der Waals surface area contributed by atoms with Crippen molar-refractivity contribution in [3.8, 4) is 0 Å². The molecule has 4 heteroatoms. The lowest BCUT2D eigenvalue weighted by Gasteiger charge is -2.15. The molecule has 0 amide bonds. The summed E-state index contributed by atoms with van der Waals surface area (Å²) in [5, 5.41) is 4.15. The largest absolute Gasteiger partial charge is 0.310 e. The van der Waals surface area contributed by atoms with E-state index < -0.39 is 6.43 Å². The average Bonchev–Trinajstić information content (AvgIpc) is 2.48. The van der Waals surface area contributed by atoms with Gasteiger partial charge in [0.2, 0.25) is 0 Å². The molecule has 0 aliphatic heterocycles. The lowest BCUT2D eigenvalue weighted by Crippen LogP contribution is -2.27. The van der Waals surface area contributed by atoms with Gasteiger partial charge < -0.3 is 5.32 Å². The molecule has 0 heterocycles. The van der Waals surface area contributed by atoms with Crippen LogP contribution in [0.25, 0.3) is 0 Å². The predicted molar refractivity (Wildman–Crippen MR) is 82.9 cm³/mol. The van der Waals surface area contributed by atoms with Crippen molar-refractivity contribution in [2.45, 2.75) is 32.4 Å². The highest BCUT2D eigenvalue weighted by molar-refractivity contribution is 6.31. The van der Waals surface area contributed by atoms with Crippen LogP contribution < -0.4 is 5.32 Å². The van der Waals surface area contributed by atoms with Crippen LogP contribution in [0.2, 0.25) is 5.02 Å². The van der Waals surface area contributed by atoms with Crippen LogP contribution in [0.4, 0.5) is 8.78 Å². The van der Waals surface area contributed by atoms with Crippen molar-refractivity contribution in [1.82, 2.24) is 5.32 Å². The zero-order valence-electron chi connectivity index (χ0n) is 11.8. The van der Waals surface area contributed by atoms with Crippen molar-refractivity contribution in [2.75, 3.05) is 0 Å². The first-order chi connectivity index (χ1) is 10.1. The molecular formula is C17H18ClF2N. The summed E-state index contributed by atoms with van der Waals surface area (Å²) in [5.74, 6) is 0. The van der Waals surface area contributed by atoms with Crippen LogP contribution in [0.15, 0.2) is 48.5 Å². The number of alkyl halides is 2. The Labute approximate surface area is 128 Å². The Kier molecular flexibility index (Phi) is 5.71. The van der Waals surface area contributed by atoms with Gasteiger partial charge in [0.15, 0.2) is 0 Å². The normalized spacial score (nSPS) is 12.6. The highest BCUT2D eigenvalue weighted by atomic mass is 35.5. The summed E-state index contributed by atoms with van der Waals surface area (Å²) in [7, 11) is 0. The summed E-state index contributed by atoms with van der Waals surface area (Å²) >= 11 is 6.13. The zero-order valence-corrected chi connectivity index (χ0v) is 12.6. The molecule has 1 nitrogen and oxygen atoms in total. The number of benzene rings is 2. The van der Waals surface area contributed by atoms with Gasteiger partial charge in [-0.2, -0.15) is 0 Å². The van der Waals surface area contributed by atoms with Crippen LogP contribution >= 0.6 is 11.6 Å². The number of halogens is 3. The van der Waals surface area contributed by atoms with E-state index >= 15 is 0 Å². The fraction of sp³-hybridized carbons (Fsp3) is 0.294. The Bertz CT molecular complexity index is 569. The Morgan fingerprint density at radius 3 is 2.33 bits per heavy atom. The number of nitrogens with one attached hydrogen (secondary N) is 1. The van der Waals surface area contributed by atoms with Gasteiger partial charge in [-0.05, 0) is 30.5 Å². The van der Waals surface area contributed by atoms with Crippen LogP contribution in [0, 0.1) is 0 Å². The van der Waals surface area contributed by atoms with Gasteiger partial charge >= 0.3 is 0 Å². The standard InChI is InChI=1S/C17H18ClF2N/c1-12(10-15-4-2-3-5-16(15)18)21-11-13-6-8-14(9-7-13)17(19)20/h2-9,12,17,21H,10-11H2,1H3. The van der Waals surface area contributed by atoms with E-state index in [2.05, 4.69) is 12.2 Å². The van der Waals surface area contributed by atoms with Crippen molar-refractivity contribution >= 4 is 11.6 Å². The maximum Gasteiger partial charge on any atom is 0.263 e. The highest BCUT2D eigenvalue weighted by Gasteiger charge is 2.08. The first-order valence-corrected chi connectivity index (χ1v) is 7.28. The molecule has 1 N–H and O–H groups in total. The zero-order chi connectivity index (χ0) is 15.2. The summed E-state index contributed by atoms with van der Waals surface area (Å²) in [5.41, 5.74) is 2.15. The van der Waals surface area contributed by atoms with Crippen LogP contribution in [-0.2, 0) is 13.0 Å². The summed E-state index contributed by atoms with van der Waals surface area (Å²) in [4.78, 5) is 0. The summed E-state index contributed by atoms with van der Waals surface area (Å²) in [6.07, 6.45) is -1.58. The molecule has 0 aromatic heterocycles. The number of hydrogen-bond donors (Lipinski definition) is 1. The minimum Gasteiger partial charge on any atom is -0.310 e. The van der Waals surface area contributed by atoms with Gasteiger partial charge in [-0.3, -0.25) is 0 Å². The second-order valence-electron chi connectivity index (χ2n) is 5.12. The van der Waals surface area contributed by atoms with Gasteiger partial charge in [-0.1, -0.05) is 54.1 Å². The third kappa shape index (κ3) is 4.80. The lowest BCUT2D eigenvalue weighted by molar-refractivity contribution is 0.151. The molecule has 1 unspecified atom stereocenters. The molecule has 112 valence electrons. The minimum atomic E-state index is -2.41. The molecule has 1 atom stereocenters. The molecule has 0 bridgehead atoms. The van der Waals surface area contributed by atoms with E-state index in [0.717, 1.165) is 22.6 Å². The molecule has 0 saturated heterocycles. The average molecular weight is 310 g/mol. The summed E-state index contributed by atoms with van der Waals surface area (Å²) < 4.78 is 24.9. The lowest BCUT2D eigenvalue weighted by atomic mass is 10.1. The van der Waals surface area contributed by atoms with Crippen molar-refractivity contribution < 1.29 is 8.78 Å². The van der Waals surface area contributed by atoms with E-state index in [4.69, 9.17) is 11.6 Å². The van der Waals surface area contributed by atoms with Crippen molar-refractivity contribution in [3.05, 3.63) is 70.2 Å². The molecule has 0 saturated carbocycles. The Morgan fingerprint density at radius 1 is 1.05 bits per heavy atom. The van der Waals surface area contributed by atoms with Gasteiger partial charge in [-0.25, -0.2) is 8.78 Å². The van der Waals surface area contributed by atoms with Crippen molar-refractivity contribution in [3.63, 3.8) is 0 Å². The van der Waals surface area contributed by atoms with Crippen LogP contribution in [0.5, 0.6) is 0 Å². The third-order valence-electron chi connectivity index (χ3n) is 3.37. The molecule has 2 aromatic carbocycles. The second kappa shape index (κ2) is 7.53. The molecule has 0 aliphatic carbocycles. The quantitative estimate of drug-likeness (QED) is 0.792. The molecule has 2 rings (SSSR count). The van der Waals surface area contributed by atoms with Crippen LogP contribution in [0.3, 0.4) is 0 Å². The van der Waals surface area contributed by atoms with E-state index in [1.807, 2.05) is 24.3 Å². The summed E-state index contributed by atoms with van der Waals surface area (Å²) in [6, 6.07) is 14.4. The molecule has 21 heavy (non-hydrogen) atoms. The molecular weight excluding hydrogens is 292 g/mol. The van der Waals surface area contributed by atoms with E-state index in [0.29, 0.717) is 6.54 Å². The third-order valence-corrected chi connectivity index (χ3v) is 3.74. The summed E-state index contributed by atoms with van der Waals surface area (Å²) in [6.45, 7) is 2.73. The van der Waals surface area contributed by atoms with Crippen molar-refractivity contribution in [1.29, 1.82) is 0 Å². The Morgan fingerprint density at radius 2 is 1.71 bits per heavy atom. The molecule has 0 fully saturated rings. The minimum absolute atomic E-state index is 0.0582. The van der Waals surface area contributed by atoms with E-state index in [9.17, 15) is 8.78 Å². The van der Waals surface area contributed by atoms with Gasteiger partial charge in [0.05, 0.1) is 0 Å². The molecule has 0 aliphatic rings. The maximum absolute atomic E-state index is 12.5. The Hall–Kier alpha value is -1.45. The fourth-order valence-corrected chi connectivity index (χ4v) is 2.35. The second-order valence-corrected chi connectivity index (χ2v) is 5.53. The predicted octanol–water partition coefficient (Wildman–Crippen LogP) is 5.00. The topological polar surface area (TPSA) is 12.0 Å². The molecule has 0 radical (unpaired) electrons. The highest BCUT2D eigenvalue weighted by Crippen LogP contribution is 2.19. The van der Waals surface area contributed by atoms with Crippen molar-refractivity contribution in [2.24, 2.45) is 0 Å². The van der Waals surface area contributed by atoms with Crippen LogP contribution in [-0.4, -0.2) is 6.04 Å². The number of rotatable bonds is 6. The van der Waals surface area contributed by atoms with Gasteiger partial charge in [0.25, 0.3) is 6.43 Å². The molecule has 2 aromatic rings. The SMILES string of the molecule is CC(Cc1ccccc1Cl)NCc1ccc(C(F)F)cc1. The van der Waals surface area contributed by atoms with E-state index in [-0.39, 0.29) is 11.6 Å². The van der Waals surface area contributed by atoms with Crippen LogP contribution in [0.1, 0.15) is 30.0 Å². The monoisotopic (exact) mass is 309 g/mol. The maximum atomic E-state index is 12.5. The first kappa shape index (κ1) is 15.9.